The van der Waals surface area contributed by atoms with E-state index in [0.29, 0.717) is 6.42 Å². The molecule has 0 saturated heterocycles. The smallest absolute Gasteiger partial charge is 0.406 e. The van der Waals surface area contributed by atoms with Crippen molar-refractivity contribution in [3.8, 4) is 5.75 Å². The van der Waals surface area contributed by atoms with E-state index in [1.54, 1.807) is 0 Å². The highest BCUT2D eigenvalue weighted by atomic mass is 19.4. The van der Waals surface area contributed by atoms with Gasteiger partial charge in [0.1, 0.15) is 11.5 Å². The maximum absolute atomic E-state index is 12.1. The number of halogens is 3. The fraction of sp³-hybridized carbons (Fsp3) is 0.533. The summed E-state index contributed by atoms with van der Waals surface area (Å²) in [4.78, 5) is 12.1. The molecule has 2 fully saturated rings. The Balaban J connectivity index is 1.56. The van der Waals surface area contributed by atoms with Crippen LogP contribution in [0, 0.1) is 17.8 Å². The van der Waals surface area contributed by atoms with Gasteiger partial charge >= 0.3 is 6.36 Å². The van der Waals surface area contributed by atoms with Crippen LogP contribution in [0.3, 0.4) is 0 Å². The van der Waals surface area contributed by atoms with E-state index in [1.165, 1.54) is 30.7 Å². The summed E-state index contributed by atoms with van der Waals surface area (Å²) >= 11 is 0. The van der Waals surface area contributed by atoms with Crippen LogP contribution < -0.4 is 4.74 Å². The number of alkyl halides is 3. The lowest BCUT2D eigenvalue weighted by Crippen LogP contribution is -2.17. The molecule has 2 saturated carbocycles. The highest BCUT2D eigenvalue weighted by molar-refractivity contribution is 5.83. The van der Waals surface area contributed by atoms with E-state index in [2.05, 4.69) is 4.74 Å². The summed E-state index contributed by atoms with van der Waals surface area (Å²) in [5.74, 6) is 1.63. The Morgan fingerprint density at radius 3 is 2.25 bits per heavy atom. The molecule has 1 aromatic rings. The summed E-state index contributed by atoms with van der Waals surface area (Å²) in [6.07, 6.45) is -1.11. The van der Waals surface area contributed by atoms with Gasteiger partial charge in [-0.05, 0) is 48.8 Å². The van der Waals surface area contributed by atoms with Crippen LogP contribution in [0.5, 0.6) is 5.75 Å². The number of ketones is 1. The first kappa shape index (κ1) is 13.5. The average molecular weight is 284 g/mol. The second-order valence-electron chi connectivity index (χ2n) is 5.76. The molecule has 0 radical (unpaired) electrons. The third-order valence-electron chi connectivity index (χ3n) is 4.23. The minimum atomic E-state index is -4.68. The second-order valence-corrected chi connectivity index (χ2v) is 5.76. The Morgan fingerprint density at radius 1 is 1.10 bits per heavy atom. The number of benzene rings is 1. The number of ether oxygens (including phenoxy) is 1. The quantitative estimate of drug-likeness (QED) is 0.842. The van der Waals surface area contributed by atoms with Crippen molar-refractivity contribution in [2.24, 2.45) is 17.8 Å². The molecule has 5 heteroatoms. The van der Waals surface area contributed by atoms with Crippen molar-refractivity contribution >= 4 is 5.78 Å². The molecule has 20 heavy (non-hydrogen) atoms. The standard InChI is InChI=1S/C15H15F3O2/c16-15(17,18)20-13-3-1-9(2-4-13)5-14(19)12-7-10-6-11(10)8-12/h1-4,10-12H,5-8H2. The van der Waals surface area contributed by atoms with E-state index < -0.39 is 6.36 Å². The zero-order chi connectivity index (χ0) is 14.3. The number of carbonyl (C=O) groups is 1. The minimum Gasteiger partial charge on any atom is -0.406 e. The number of fused-ring (bicyclic) bond motifs is 1. The predicted molar refractivity (Wildman–Crippen MR) is 66.2 cm³/mol. The maximum Gasteiger partial charge on any atom is 0.573 e. The van der Waals surface area contributed by atoms with Crippen LogP contribution in [0.25, 0.3) is 0 Å². The lowest BCUT2D eigenvalue weighted by atomic mass is 9.94. The molecule has 0 heterocycles. The summed E-state index contributed by atoms with van der Waals surface area (Å²) in [7, 11) is 0. The molecule has 108 valence electrons. The normalized spacial score (nSPS) is 28.1. The molecule has 1 aromatic carbocycles. The Kier molecular flexibility index (Phi) is 3.22. The third-order valence-corrected chi connectivity index (χ3v) is 4.23. The first-order chi connectivity index (χ1) is 9.40. The highest BCUT2D eigenvalue weighted by Gasteiger charge is 2.47. The molecular formula is C15H15F3O2. The number of Topliss-reactive ketones (excluding diaryl/α,β-unsaturated/α-hetero) is 1. The maximum atomic E-state index is 12.1. The molecule has 2 aliphatic rings. The fourth-order valence-corrected chi connectivity index (χ4v) is 3.13. The summed E-state index contributed by atoms with van der Waals surface area (Å²) in [5, 5.41) is 0. The van der Waals surface area contributed by atoms with Gasteiger partial charge in [-0.25, -0.2) is 0 Å². The first-order valence-electron chi connectivity index (χ1n) is 6.78. The molecule has 0 aliphatic heterocycles. The molecule has 0 spiro atoms. The van der Waals surface area contributed by atoms with E-state index in [1.807, 2.05) is 0 Å². The van der Waals surface area contributed by atoms with Crippen LogP contribution in [0.4, 0.5) is 13.2 Å². The summed E-state index contributed by atoms with van der Waals surface area (Å²) in [5.41, 5.74) is 0.741. The van der Waals surface area contributed by atoms with Gasteiger partial charge in [-0.15, -0.1) is 13.2 Å². The first-order valence-corrected chi connectivity index (χ1v) is 6.78. The summed E-state index contributed by atoms with van der Waals surface area (Å²) in [6.45, 7) is 0. The monoisotopic (exact) mass is 284 g/mol. The zero-order valence-electron chi connectivity index (χ0n) is 10.8. The van der Waals surface area contributed by atoms with Gasteiger partial charge in [0, 0.05) is 12.3 Å². The lowest BCUT2D eigenvalue weighted by molar-refractivity contribution is -0.274. The van der Waals surface area contributed by atoms with Gasteiger partial charge in [0.2, 0.25) is 0 Å². The Morgan fingerprint density at radius 2 is 1.70 bits per heavy atom. The Hall–Kier alpha value is -1.52. The number of hydrogen-bond acceptors (Lipinski definition) is 2. The summed E-state index contributed by atoms with van der Waals surface area (Å²) in [6, 6.07) is 5.55. The van der Waals surface area contributed by atoms with Gasteiger partial charge in [0.25, 0.3) is 0 Å². The van der Waals surface area contributed by atoms with Crippen molar-refractivity contribution < 1.29 is 22.7 Å². The van der Waals surface area contributed by atoms with Gasteiger partial charge in [-0.1, -0.05) is 12.1 Å². The van der Waals surface area contributed by atoms with Gasteiger partial charge in [0.15, 0.2) is 0 Å². The average Bonchev–Trinajstić information content (AvgIpc) is 2.97. The molecule has 3 rings (SSSR count). The number of rotatable bonds is 4. The Labute approximate surface area is 114 Å². The van der Waals surface area contributed by atoms with Crippen LogP contribution in [0.1, 0.15) is 24.8 Å². The number of hydrogen-bond donors (Lipinski definition) is 0. The fourth-order valence-electron chi connectivity index (χ4n) is 3.13. The molecule has 0 bridgehead atoms. The van der Waals surface area contributed by atoms with Crippen LogP contribution in [-0.2, 0) is 11.2 Å². The Bertz CT molecular complexity index is 497. The van der Waals surface area contributed by atoms with E-state index in [9.17, 15) is 18.0 Å². The zero-order valence-corrected chi connectivity index (χ0v) is 10.8. The van der Waals surface area contributed by atoms with Gasteiger partial charge in [0.05, 0.1) is 0 Å². The lowest BCUT2D eigenvalue weighted by Gasteiger charge is -2.11. The van der Waals surface area contributed by atoms with E-state index in [-0.39, 0.29) is 17.5 Å². The van der Waals surface area contributed by atoms with Crippen LogP contribution in [-0.4, -0.2) is 12.1 Å². The SMILES string of the molecule is O=C(Cc1ccc(OC(F)(F)F)cc1)C1CC2CC2C1. The predicted octanol–water partition coefficient (Wildman–Crippen LogP) is 3.74. The second kappa shape index (κ2) is 4.79. The molecular weight excluding hydrogens is 269 g/mol. The molecule has 2 aliphatic carbocycles. The van der Waals surface area contributed by atoms with Crippen molar-refractivity contribution in [2.45, 2.75) is 32.0 Å². The third kappa shape index (κ3) is 3.14. The van der Waals surface area contributed by atoms with E-state index >= 15 is 0 Å². The largest absolute Gasteiger partial charge is 0.573 e. The molecule has 0 amide bonds. The molecule has 2 nitrogen and oxygen atoms in total. The van der Waals surface area contributed by atoms with E-state index in [0.717, 1.165) is 30.2 Å². The summed E-state index contributed by atoms with van der Waals surface area (Å²) < 4.78 is 39.9. The van der Waals surface area contributed by atoms with Gasteiger partial charge in [-0.2, -0.15) is 0 Å². The number of carbonyl (C=O) groups excluding carboxylic acids is 1. The molecule has 2 atom stereocenters. The van der Waals surface area contributed by atoms with Crippen molar-refractivity contribution in [3.05, 3.63) is 29.8 Å². The van der Waals surface area contributed by atoms with Crippen LogP contribution in [0.15, 0.2) is 24.3 Å². The van der Waals surface area contributed by atoms with Crippen molar-refractivity contribution in [1.29, 1.82) is 0 Å². The highest BCUT2D eigenvalue weighted by Crippen LogP contribution is 2.54. The molecule has 2 unspecified atom stereocenters. The van der Waals surface area contributed by atoms with E-state index in [4.69, 9.17) is 0 Å². The topological polar surface area (TPSA) is 26.3 Å². The van der Waals surface area contributed by atoms with Crippen molar-refractivity contribution in [3.63, 3.8) is 0 Å². The van der Waals surface area contributed by atoms with Crippen LogP contribution in [0.2, 0.25) is 0 Å². The van der Waals surface area contributed by atoms with Crippen molar-refractivity contribution in [1.82, 2.24) is 0 Å². The van der Waals surface area contributed by atoms with Crippen molar-refractivity contribution in [2.75, 3.05) is 0 Å². The van der Waals surface area contributed by atoms with Gasteiger partial charge < -0.3 is 4.74 Å². The van der Waals surface area contributed by atoms with Gasteiger partial charge in [-0.3, -0.25) is 4.79 Å². The minimum absolute atomic E-state index is 0.157. The molecule has 0 N–H and O–H groups in total. The van der Waals surface area contributed by atoms with Crippen LogP contribution >= 0.6 is 0 Å². The molecule has 0 aromatic heterocycles.